The molecule has 0 radical (unpaired) electrons. The number of benzene rings is 3. The summed E-state index contributed by atoms with van der Waals surface area (Å²) in [6.45, 7) is 1.01. The zero-order chi connectivity index (χ0) is 23.2. The summed E-state index contributed by atoms with van der Waals surface area (Å²) in [6, 6.07) is 20.1. The second kappa shape index (κ2) is 10.3. The highest BCUT2D eigenvalue weighted by Gasteiger charge is 2.26. The standard InChI is InChI=1S/C26H26FN3O3/c27-23-9-2-1-8-22(23)25(33-21-7-5-6-18(16-21)17-28)26(32)29-19-11-13-20(14-12-19)30-15-4-3-10-24(30)31/h1-2,5-9,11-14,16,25H,3-4,10,15,17,28H2,(H,29,32). The first-order valence-electron chi connectivity index (χ1n) is 11.0. The molecule has 2 amide bonds. The molecule has 1 aliphatic rings. The highest BCUT2D eigenvalue weighted by atomic mass is 19.1. The third-order valence-corrected chi connectivity index (χ3v) is 5.58. The minimum atomic E-state index is -1.21. The van der Waals surface area contributed by atoms with Crippen molar-refractivity contribution in [1.82, 2.24) is 0 Å². The summed E-state index contributed by atoms with van der Waals surface area (Å²) in [4.78, 5) is 27.1. The fourth-order valence-corrected chi connectivity index (χ4v) is 3.84. The maximum atomic E-state index is 14.6. The van der Waals surface area contributed by atoms with E-state index in [1.54, 1.807) is 59.5 Å². The minimum Gasteiger partial charge on any atom is -0.476 e. The van der Waals surface area contributed by atoms with Gasteiger partial charge < -0.3 is 20.7 Å². The van der Waals surface area contributed by atoms with E-state index in [0.29, 0.717) is 30.9 Å². The van der Waals surface area contributed by atoms with Crippen molar-refractivity contribution < 1.29 is 18.7 Å². The fraction of sp³-hybridized carbons (Fsp3) is 0.231. The fourth-order valence-electron chi connectivity index (χ4n) is 3.84. The Morgan fingerprint density at radius 2 is 1.85 bits per heavy atom. The summed E-state index contributed by atoms with van der Waals surface area (Å²) in [7, 11) is 0. The molecule has 1 atom stereocenters. The average molecular weight is 448 g/mol. The van der Waals surface area contributed by atoms with Gasteiger partial charge in [-0.1, -0.05) is 30.3 Å². The Kier molecular flexibility index (Phi) is 7.00. The van der Waals surface area contributed by atoms with Crippen LogP contribution in [0.3, 0.4) is 0 Å². The van der Waals surface area contributed by atoms with Crippen molar-refractivity contribution in [3.63, 3.8) is 0 Å². The number of anilines is 2. The van der Waals surface area contributed by atoms with Crippen LogP contribution in [-0.4, -0.2) is 18.4 Å². The van der Waals surface area contributed by atoms with Gasteiger partial charge in [-0.25, -0.2) is 4.39 Å². The number of halogens is 1. The normalized spacial score (nSPS) is 14.6. The second-order valence-corrected chi connectivity index (χ2v) is 7.91. The van der Waals surface area contributed by atoms with E-state index in [0.717, 1.165) is 24.1 Å². The topological polar surface area (TPSA) is 84.7 Å². The van der Waals surface area contributed by atoms with E-state index >= 15 is 0 Å². The molecule has 1 heterocycles. The Morgan fingerprint density at radius 3 is 2.58 bits per heavy atom. The highest BCUT2D eigenvalue weighted by Crippen LogP contribution is 2.27. The first-order valence-corrected chi connectivity index (χ1v) is 11.0. The van der Waals surface area contributed by atoms with E-state index in [-0.39, 0.29) is 11.5 Å². The number of piperidine rings is 1. The monoisotopic (exact) mass is 447 g/mol. The summed E-state index contributed by atoms with van der Waals surface area (Å²) in [5.74, 6) is -0.530. The summed E-state index contributed by atoms with van der Waals surface area (Å²) in [5, 5.41) is 2.80. The summed E-state index contributed by atoms with van der Waals surface area (Å²) in [5.41, 5.74) is 7.98. The molecule has 1 fully saturated rings. The van der Waals surface area contributed by atoms with Crippen LogP contribution in [0.2, 0.25) is 0 Å². The van der Waals surface area contributed by atoms with E-state index < -0.39 is 17.8 Å². The van der Waals surface area contributed by atoms with Gasteiger partial charge in [0.15, 0.2) is 0 Å². The van der Waals surface area contributed by atoms with Crippen molar-refractivity contribution in [3.8, 4) is 5.75 Å². The number of carbonyl (C=O) groups excluding carboxylic acids is 2. The van der Waals surface area contributed by atoms with Gasteiger partial charge in [-0.15, -0.1) is 0 Å². The molecule has 170 valence electrons. The number of hydrogen-bond donors (Lipinski definition) is 2. The molecule has 0 bridgehead atoms. The van der Waals surface area contributed by atoms with Gasteiger partial charge >= 0.3 is 0 Å². The second-order valence-electron chi connectivity index (χ2n) is 7.91. The number of amides is 2. The number of nitrogens with one attached hydrogen (secondary N) is 1. The molecular formula is C26H26FN3O3. The third kappa shape index (κ3) is 5.38. The van der Waals surface area contributed by atoms with Gasteiger partial charge in [-0.05, 0) is 60.9 Å². The van der Waals surface area contributed by atoms with E-state index in [1.165, 1.54) is 12.1 Å². The third-order valence-electron chi connectivity index (χ3n) is 5.58. The smallest absolute Gasteiger partial charge is 0.270 e. The summed E-state index contributed by atoms with van der Waals surface area (Å²) >= 11 is 0. The van der Waals surface area contributed by atoms with E-state index in [1.807, 2.05) is 6.07 Å². The van der Waals surface area contributed by atoms with Crippen LogP contribution in [0.25, 0.3) is 0 Å². The van der Waals surface area contributed by atoms with Crippen molar-refractivity contribution in [1.29, 1.82) is 0 Å². The molecule has 4 rings (SSSR count). The van der Waals surface area contributed by atoms with Gasteiger partial charge in [-0.3, -0.25) is 9.59 Å². The van der Waals surface area contributed by atoms with Crippen LogP contribution >= 0.6 is 0 Å². The number of rotatable bonds is 7. The van der Waals surface area contributed by atoms with Crippen LogP contribution < -0.4 is 20.7 Å². The molecule has 0 saturated carbocycles. The minimum absolute atomic E-state index is 0.103. The summed E-state index contributed by atoms with van der Waals surface area (Å²) < 4.78 is 20.5. The Balaban J connectivity index is 1.55. The van der Waals surface area contributed by atoms with Crippen molar-refractivity contribution in [2.45, 2.75) is 31.9 Å². The SMILES string of the molecule is NCc1cccc(OC(C(=O)Nc2ccc(N3CCCCC3=O)cc2)c2ccccc2F)c1. The predicted molar refractivity (Wildman–Crippen MR) is 125 cm³/mol. The lowest BCUT2D eigenvalue weighted by Crippen LogP contribution is -2.35. The number of nitrogens with two attached hydrogens (primary N) is 1. The maximum absolute atomic E-state index is 14.6. The van der Waals surface area contributed by atoms with Gasteiger partial charge in [0.2, 0.25) is 12.0 Å². The molecule has 1 aliphatic heterocycles. The lowest BCUT2D eigenvalue weighted by molar-refractivity contribution is -0.123. The lowest BCUT2D eigenvalue weighted by Gasteiger charge is -2.27. The number of ether oxygens (including phenoxy) is 1. The molecular weight excluding hydrogens is 421 g/mol. The summed E-state index contributed by atoms with van der Waals surface area (Å²) in [6.07, 6.45) is 1.22. The molecule has 3 aromatic carbocycles. The Bertz CT molecular complexity index is 1130. The van der Waals surface area contributed by atoms with Crippen LogP contribution in [0.1, 0.15) is 36.5 Å². The van der Waals surface area contributed by atoms with Crippen LogP contribution in [0.4, 0.5) is 15.8 Å². The van der Waals surface area contributed by atoms with Crippen LogP contribution in [0.5, 0.6) is 5.75 Å². The van der Waals surface area contributed by atoms with Crippen molar-refractivity contribution in [2.75, 3.05) is 16.8 Å². The lowest BCUT2D eigenvalue weighted by atomic mass is 10.1. The van der Waals surface area contributed by atoms with E-state index in [2.05, 4.69) is 5.32 Å². The van der Waals surface area contributed by atoms with Gasteiger partial charge in [-0.2, -0.15) is 0 Å². The van der Waals surface area contributed by atoms with Gasteiger partial charge in [0.1, 0.15) is 11.6 Å². The molecule has 6 nitrogen and oxygen atoms in total. The zero-order valence-electron chi connectivity index (χ0n) is 18.2. The van der Waals surface area contributed by atoms with Gasteiger partial charge in [0.25, 0.3) is 5.91 Å². The Labute approximate surface area is 192 Å². The molecule has 7 heteroatoms. The Hall–Kier alpha value is -3.71. The molecule has 0 spiro atoms. The molecule has 3 aromatic rings. The molecule has 0 aromatic heterocycles. The van der Waals surface area contributed by atoms with Crippen molar-refractivity contribution >= 4 is 23.2 Å². The zero-order valence-corrected chi connectivity index (χ0v) is 18.2. The Morgan fingerprint density at radius 1 is 1.06 bits per heavy atom. The van der Waals surface area contributed by atoms with Crippen LogP contribution in [0, 0.1) is 5.82 Å². The van der Waals surface area contributed by atoms with Crippen LogP contribution in [0.15, 0.2) is 72.8 Å². The maximum Gasteiger partial charge on any atom is 0.270 e. The molecule has 0 aliphatic carbocycles. The van der Waals surface area contributed by atoms with Crippen molar-refractivity contribution in [2.24, 2.45) is 5.73 Å². The first kappa shape index (κ1) is 22.5. The predicted octanol–water partition coefficient (Wildman–Crippen LogP) is 4.56. The molecule has 3 N–H and O–H groups in total. The van der Waals surface area contributed by atoms with Crippen molar-refractivity contribution in [3.05, 3.63) is 89.7 Å². The van der Waals surface area contributed by atoms with Gasteiger partial charge in [0, 0.05) is 36.4 Å². The number of hydrogen-bond acceptors (Lipinski definition) is 4. The number of nitrogens with zero attached hydrogens (tertiary/aromatic N) is 1. The van der Waals surface area contributed by atoms with E-state index in [9.17, 15) is 14.0 Å². The number of carbonyl (C=O) groups is 2. The first-order chi connectivity index (χ1) is 16.0. The largest absolute Gasteiger partial charge is 0.476 e. The van der Waals surface area contributed by atoms with E-state index in [4.69, 9.17) is 10.5 Å². The van der Waals surface area contributed by atoms with Gasteiger partial charge in [0.05, 0.1) is 0 Å². The molecule has 1 unspecified atom stereocenters. The quantitative estimate of drug-likeness (QED) is 0.556. The van der Waals surface area contributed by atoms with Crippen LogP contribution in [-0.2, 0) is 16.1 Å². The molecule has 33 heavy (non-hydrogen) atoms. The molecule has 1 saturated heterocycles. The average Bonchev–Trinajstić information content (AvgIpc) is 2.84. The highest BCUT2D eigenvalue weighted by molar-refractivity contribution is 5.96.